The number of hydrogen-bond donors (Lipinski definition) is 2. The van der Waals surface area contributed by atoms with Crippen molar-refractivity contribution in [1.82, 2.24) is 4.98 Å². The van der Waals surface area contributed by atoms with Crippen molar-refractivity contribution >= 4 is 40.9 Å². The highest BCUT2D eigenvalue weighted by Crippen LogP contribution is 2.43. The molecule has 0 unspecified atom stereocenters. The molecule has 0 radical (unpaired) electrons. The average molecular weight is 331 g/mol. The number of rotatable bonds is 3. The van der Waals surface area contributed by atoms with E-state index in [9.17, 15) is 4.79 Å². The van der Waals surface area contributed by atoms with Gasteiger partial charge in [-0.25, -0.2) is 4.98 Å². The van der Waals surface area contributed by atoms with Crippen LogP contribution in [0.3, 0.4) is 0 Å². The lowest BCUT2D eigenvalue weighted by atomic mass is 10.1. The lowest BCUT2D eigenvalue weighted by Crippen LogP contribution is -2.12. The molecule has 0 spiro atoms. The maximum atomic E-state index is 12.2. The minimum absolute atomic E-state index is 0.137. The molecule has 22 heavy (non-hydrogen) atoms. The second-order valence-electron chi connectivity index (χ2n) is 4.97. The molecule has 1 fully saturated rings. The quantitative estimate of drug-likeness (QED) is 0.896. The van der Waals surface area contributed by atoms with Gasteiger partial charge in [0.15, 0.2) is 0 Å². The van der Waals surface area contributed by atoms with Crippen LogP contribution in [0.25, 0.3) is 0 Å². The number of carbonyl (C=O) groups excluding carboxylic acids is 1. The molecule has 0 atom stereocenters. The molecule has 6 heteroatoms. The molecule has 1 aromatic carbocycles. The van der Waals surface area contributed by atoms with Crippen molar-refractivity contribution in [3.05, 3.63) is 53.7 Å². The lowest BCUT2D eigenvalue weighted by molar-refractivity contribution is 0.102. The van der Waals surface area contributed by atoms with E-state index in [2.05, 4.69) is 10.3 Å². The van der Waals surface area contributed by atoms with Crippen molar-refractivity contribution < 1.29 is 4.79 Å². The van der Waals surface area contributed by atoms with Crippen LogP contribution in [0, 0.1) is 0 Å². The van der Waals surface area contributed by atoms with E-state index in [4.69, 9.17) is 5.73 Å². The van der Waals surface area contributed by atoms with Crippen molar-refractivity contribution in [2.75, 3.05) is 22.6 Å². The first-order valence-corrected chi connectivity index (χ1v) is 9.18. The van der Waals surface area contributed by atoms with Gasteiger partial charge in [0, 0.05) is 5.56 Å². The summed E-state index contributed by atoms with van der Waals surface area (Å²) in [5.41, 5.74) is 8.09. The Bertz CT molecular complexity index is 637. The Balaban J connectivity index is 1.66. The third-order valence-electron chi connectivity index (χ3n) is 3.32. The number of carbonyl (C=O) groups is 1. The summed E-state index contributed by atoms with van der Waals surface area (Å²) in [5.74, 6) is 2.72. The summed E-state index contributed by atoms with van der Waals surface area (Å²) in [7, 11) is 0. The van der Waals surface area contributed by atoms with E-state index in [1.54, 1.807) is 18.3 Å². The molecule has 0 saturated carbocycles. The zero-order chi connectivity index (χ0) is 15.4. The van der Waals surface area contributed by atoms with Gasteiger partial charge >= 0.3 is 0 Å². The Kier molecular flexibility index (Phi) is 4.90. The minimum Gasteiger partial charge on any atom is -0.384 e. The molecular formula is C16H17N3OS2. The van der Waals surface area contributed by atoms with Crippen molar-refractivity contribution in [2.24, 2.45) is 0 Å². The maximum Gasteiger partial charge on any atom is 0.255 e. The molecule has 4 nitrogen and oxygen atoms in total. The molecule has 1 aromatic heterocycles. The van der Waals surface area contributed by atoms with Gasteiger partial charge in [0.05, 0.1) is 16.5 Å². The van der Waals surface area contributed by atoms with Gasteiger partial charge in [-0.1, -0.05) is 12.1 Å². The molecule has 3 N–H and O–H groups in total. The number of nitrogens with zero attached hydrogens (tertiary/aromatic N) is 1. The Labute approximate surface area is 138 Å². The summed E-state index contributed by atoms with van der Waals surface area (Å²) < 4.78 is 0.493. The van der Waals surface area contributed by atoms with Crippen LogP contribution < -0.4 is 11.1 Å². The van der Waals surface area contributed by atoms with Crippen LogP contribution >= 0.6 is 23.5 Å². The molecule has 2 heterocycles. The number of hydrogen-bond acceptors (Lipinski definition) is 5. The van der Waals surface area contributed by atoms with E-state index >= 15 is 0 Å². The van der Waals surface area contributed by atoms with Gasteiger partial charge in [-0.2, -0.15) is 0 Å². The fourth-order valence-electron chi connectivity index (χ4n) is 2.15. The number of nitrogens with two attached hydrogens (primary N) is 1. The molecular weight excluding hydrogens is 314 g/mol. The zero-order valence-corrected chi connectivity index (χ0v) is 13.6. The molecule has 0 aliphatic carbocycles. The van der Waals surface area contributed by atoms with Crippen LogP contribution in [0.5, 0.6) is 0 Å². The standard InChI is InChI=1S/C16H17N3OS2/c17-14-7-6-13(10-18-14)19-15(20)11-2-4-12(5-3-11)16-21-8-1-9-22-16/h2-7,10,16H,1,8-9H2,(H2,17,18)(H,19,20). The number of nitrogens with one attached hydrogen (secondary N) is 1. The van der Waals surface area contributed by atoms with Gasteiger partial charge in [-0.3, -0.25) is 4.79 Å². The van der Waals surface area contributed by atoms with E-state index in [1.807, 2.05) is 47.8 Å². The zero-order valence-electron chi connectivity index (χ0n) is 12.0. The first-order valence-electron chi connectivity index (χ1n) is 7.08. The number of benzene rings is 1. The normalized spacial score (nSPS) is 15.5. The van der Waals surface area contributed by atoms with Crippen molar-refractivity contribution in [2.45, 2.75) is 11.0 Å². The van der Waals surface area contributed by atoms with Crippen molar-refractivity contribution in [3.8, 4) is 0 Å². The molecule has 2 aromatic rings. The summed E-state index contributed by atoms with van der Waals surface area (Å²) in [6, 6.07) is 11.3. The highest BCUT2D eigenvalue weighted by molar-refractivity contribution is 8.16. The Hall–Kier alpha value is -1.66. The summed E-state index contributed by atoms with van der Waals surface area (Å²) in [4.78, 5) is 16.2. The molecule has 3 rings (SSSR count). The second kappa shape index (κ2) is 7.07. The fourth-order valence-corrected chi connectivity index (χ4v) is 5.05. The molecule has 1 aliphatic heterocycles. The molecule has 1 saturated heterocycles. The Morgan fingerprint density at radius 1 is 1.14 bits per heavy atom. The van der Waals surface area contributed by atoms with Crippen LogP contribution in [0.15, 0.2) is 42.6 Å². The predicted octanol–water partition coefficient (Wildman–Crippen LogP) is 3.78. The van der Waals surface area contributed by atoms with Crippen LogP contribution in [-0.4, -0.2) is 22.4 Å². The van der Waals surface area contributed by atoms with Crippen LogP contribution in [0.1, 0.15) is 26.9 Å². The van der Waals surface area contributed by atoms with Gasteiger partial charge in [-0.15, -0.1) is 23.5 Å². The first-order chi connectivity index (χ1) is 10.7. The highest BCUT2D eigenvalue weighted by atomic mass is 32.2. The van der Waals surface area contributed by atoms with E-state index in [-0.39, 0.29) is 5.91 Å². The maximum absolute atomic E-state index is 12.2. The van der Waals surface area contributed by atoms with E-state index < -0.39 is 0 Å². The fraction of sp³-hybridized carbons (Fsp3) is 0.250. The molecule has 0 bridgehead atoms. The lowest BCUT2D eigenvalue weighted by Gasteiger charge is -2.21. The summed E-state index contributed by atoms with van der Waals surface area (Å²) in [5, 5.41) is 2.82. The number of thioether (sulfide) groups is 2. The Morgan fingerprint density at radius 3 is 2.50 bits per heavy atom. The summed E-state index contributed by atoms with van der Waals surface area (Å²) >= 11 is 3.95. The molecule has 1 aliphatic rings. The molecule has 114 valence electrons. The summed E-state index contributed by atoms with van der Waals surface area (Å²) in [6.45, 7) is 0. The average Bonchev–Trinajstić information content (AvgIpc) is 2.58. The van der Waals surface area contributed by atoms with Crippen LogP contribution in [0.4, 0.5) is 11.5 Å². The topological polar surface area (TPSA) is 68.0 Å². The molecule has 1 amide bonds. The largest absolute Gasteiger partial charge is 0.384 e. The van der Waals surface area contributed by atoms with Gasteiger partial charge in [-0.05, 0) is 47.8 Å². The SMILES string of the molecule is Nc1ccc(NC(=O)c2ccc(C3SCCCS3)cc2)cn1. The number of aromatic nitrogens is 1. The highest BCUT2D eigenvalue weighted by Gasteiger charge is 2.17. The van der Waals surface area contributed by atoms with Crippen molar-refractivity contribution in [1.29, 1.82) is 0 Å². The number of anilines is 2. The number of pyridine rings is 1. The van der Waals surface area contributed by atoms with Crippen LogP contribution in [0.2, 0.25) is 0 Å². The van der Waals surface area contributed by atoms with Gasteiger partial charge in [0.25, 0.3) is 5.91 Å². The van der Waals surface area contributed by atoms with Gasteiger partial charge in [0.1, 0.15) is 5.82 Å². The van der Waals surface area contributed by atoms with E-state index in [1.165, 1.54) is 23.5 Å². The number of nitrogen functional groups attached to an aromatic ring is 1. The predicted molar refractivity (Wildman–Crippen MR) is 95.3 cm³/mol. The third-order valence-corrected chi connectivity index (χ3v) is 6.33. The third kappa shape index (κ3) is 3.75. The smallest absolute Gasteiger partial charge is 0.255 e. The van der Waals surface area contributed by atoms with Gasteiger partial charge in [0.2, 0.25) is 0 Å². The van der Waals surface area contributed by atoms with Crippen molar-refractivity contribution in [3.63, 3.8) is 0 Å². The first kappa shape index (κ1) is 15.2. The van der Waals surface area contributed by atoms with Gasteiger partial charge < -0.3 is 11.1 Å². The minimum atomic E-state index is -0.137. The summed E-state index contributed by atoms with van der Waals surface area (Å²) in [6.07, 6.45) is 2.83. The monoisotopic (exact) mass is 331 g/mol. The van der Waals surface area contributed by atoms with Crippen LogP contribution in [-0.2, 0) is 0 Å². The number of amides is 1. The van der Waals surface area contributed by atoms with E-state index in [0.29, 0.717) is 21.7 Å². The Morgan fingerprint density at radius 2 is 1.86 bits per heavy atom. The van der Waals surface area contributed by atoms with E-state index in [0.717, 1.165) is 0 Å². The second-order valence-corrected chi connectivity index (χ2v) is 7.70.